The molecule has 0 unspecified atom stereocenters. The molecule has 4 rings (SSSR count). The molecule has 0 saturated heterocycles. The van der Waals surface area contributed by atoms with Crippen LogP contribution in [0.1, 0.15) is 21.7 Å². The van der Waals surface area contributed by atoms with Crippen molar-refractivity contribution in [2.24, 2.45) is 0 Å². The normalized spacial score (nSPS) is 11.4. The number of benzene rings is 3. The second kappa shape index (κ2) is 9.28. The van der Waals surface area contributed by atoms with E-state index in [1.54, 1.807) is 10.9 Å². The Morgan fingerprint density at radius 1 is 0.969 bits per heavy atom. The molecule has 6 nitrogen and oxygen atoms in total. The third-order valence-corrected chi connectivity index (χ3v) is 5.45. The van der Waals surface area contributed by atoms with Crippen molar-refractivity contribution in [3.63, 3.8) is 0 Å². The van der Waals surface area contributed by atoms with Crippen LogP contribution >= 0.6 is 15.9 Å². The van der Waals surface area contributed by atoms with Gasteiger partial charge in [-0.25, -0.2) is 0 Å². The highest BCUT2D eigenvalue weighted by molar-refractivity contribution is 9.10. The van der Waals surface area contributed by atoms with E-state index in [2.05, 4.69) is 31.5 Å². The van der Waals surface area contributed by atoms with Gasteiger partial charge in [0.2, 0.25) is 0 Å². The number of carbonyl (C=O) groups is 1. The number of aromatic nitrogens is 4. The van der Waals surface area contributed by atoms with Gasteiger partial charge in [0.15, 0.2) is 11.6 Å². The average Bonchev–Trinajstić information content (AvgIpc) is 3.27. The largest absolute Gasteiger partial charge is 0.383 e. The molecular formula is C25H22BrN5O. The summed E-state index contributed by atoms with van der Waals surface area (Å²) in [6, 6.07) is 23.4. The summed E-state index contributed by atoms with van der Waals surface area (Å²) < 4.78 is 2.60. The fourth-order valence-electron chi connectivity index (χ4n) is 3.33. The Morgan fingerprint density at radius 3 is 2.38 bits per heavy atom. The first-order valence-electron chi connectivity index (χ1n) is 10.1. The first-order valence-corrected chi connectivity index (χ1v) is 10.9. The zero-order chi connectivity index (χ0) is 22.7. The molecule has 0 aliphatic carbocycles. The molecule has 1 aromatic heterocycles. The minimum Gasteiger partial charge on any atom is -0.383 e. The maximum Gasteiger partial charge on any atom is 0.198 e. The van der Waals surface area contributed by atoms with E-state index in [0.29, 0.717) is 17.0 Å². The summed E-state index contributed by atoms with van der Waals surface area (Å²) in [5.41, 5.74) is 4.89. The molecule has 3 aromatic carbocycles. The van der Waals surface area contributed by atoms with E-state index >= 15 is 0 Å². The highest BCUT2D eigenvalue weighted by atomic mass is 79.9. The van der Waals surface area contributed by atoms with Gasteiger partial charge in [0, 0.05) is 30.3 Å². The van der Waals surface area contributed by atoms with E-state index in [4.69, 9.17) is 0 Å². The lowest BCUT2D eigenvalue weighted by Gasteiger charge is -2.12. The second-order valence-electron chi connectivity index (χ2n) is 7.67. The minimum atomic E-state index is -0.152. The second-order valence-corrected chi connectivity index (χ2v) is 8.59. The first kappa shape index (κ1) is 21.6. The number of halogens is 1. The number of hydrogen-bond acceptors (Lipinski definition) is 5. The molecule has 0 fully saturated rings. The summed E-state index contributed by atoms with van der Waals surface area (Å²) in [4.78, 5) is 15.5. The summed E-state index contributed by atoms with van der Waals surface area (Å²) in [7, 11) is 3.73. The van der Waals surface area contributed by atoms with Crippen LogP contribution in [-0.2, 0) is 0 Å². The van der Waals surface area contributed by atoms with Crippen molar-refractivity contribution in [1.82, 2.24) is 25.1 Å². The SMILES string of the molecule is Cc1ccc(-n2nnnc2C(=CN(C)C)C(=O)c2cccc(-c3ccc(Br)cc3)c2)cc1. The van der Waals surface area contributed by atoms with E-state index in [9.17, 15) is 4.79 Å². The average molecular weight is 488 g/mol. The van der Waals surface area contributed by atoms with Crippen LogP contribution in [-0.4, -0.2) is 45.0 Å². The monoisotopic (exact) mass is 487 g/mol. The number of aryl methyl sites for hydroxylation is 1. The van der Waals surface area contributed by atoms with Crippen molar-refractivity contribution in [2.75, 3.05) is 14.1 Å². The maximum atomic E-state index is 13.6. The van der Waals surface area contributed by atoms with Crippen molar-refractivity contribution < 1.29 is 4.79 Å². The quantitative estimate of drug-likeness (QED) is 0.276. The van der Waals surface area contributed by atoms with Gasteiger partial charge in [0.25, 0.3) is 0 Å². The van der Waals surface area contributed by atoms with E-state index in [1.165, 1.54) is 0 Å². The Bertz CT molecular complexity index is 1270. The van der Waals surface area contributed by atoms with E-state index in [-0.39, 0.29) is 5.78 Å². The lowest BCUT2D eigenvalue weighted by molar-refractivity contribution is 0.105. The highest BCUT2D eigenvalue weighted by Crippen LogP contribution is 2.26. The molecule has 0 radical (unpaired) electrons. The number of tetrazole rings is 1. The predicted molar refractivity (Wildman–Crippen MR) is 129 cm³/mol. The molecular weight excluding hydrogens is 466 g/mol. The molecule has 0 spiro atoms. The molecule has 0 N–H and O–H groups in total. The number of nitrogens with zero attached hydrogens (tertiary/aromatic N) is 5. The molecule has 0 aliphatic heterocycles. The summed E-state index contributed by atoms with van der Waals surface area (Å²) in [6.07, 6.45) is 1.75. The zero-order valence-corrected chi connectivity index (χ0v) is 19.6. The molecule has 7 heteroatoms. The van der Waals surface area contributed by atoms with E-state index in [0.717, 1.165) is 26.9 Å². The topological polar surface area (TPSA) is 63.9 Å². The lowest BCUT2D eigenvalue weighted by Crippen LogP contribution is -2.13. The standard InChI is InChI=1S/C25H22BrN5O/c1-17-7-13-22(14-8-17)31-25(27-28-29-31)23(16-30(2)3)24(32)20-6-4-5-19(15-20)18-9-11-21(26)12-10-18/h4-16H,1-3H3. The van der Waals surface area contributed by atoms with Crippen molar-refractivity contribution in [3.05, 3.63) is 100 Å². The Kier molecular flexibility index (Phi) is 6.28. The Hall–Kier alpha value is -3.58. The number of Topliss-reactive ketones (excluding diaryl/α,β-unsaturated/α-hetero) is 1. The highest BCUT2D eigenvalue weighted by Gasteiger charge is 2.22. The Labute approximate surface area is 195 Å². The van der Waals surface area contributed by atoms with Crippen LogP contribution in [0.2, 0.25) is 0 Å². The molecule has 0 bridgehead atoms. The van der Waals surface area contributed by atoms with Crippen LogP contribution < -0.4 is 0 Å². The third kappa shape index (κ3) is 4.68. The Morgan fingerprint density at radius 2 is 1.69 bits per heavy atom. The molecule has 0 atom stereocenters. The fourth-order valence-corrected chi connectivity index (χ4v) is 3.59. The summed E-state index contributed by atoms with van der Waals surface area (Å²) >= 11 is 3.46. The van der Waals surface area contributed by atoms with Crippen LogP contribution in [0.15, 0.2) is 83.5 Å². The zero-order valence-electron chi connectivity index (χ0n) is 18.0. The molecule has 0 aliphatic rings. The fraction of sp³-hybridized carbons (Fsp3) is 0.120. The smallest absolute Gasteiger partial charge is 0.198 e. The third-order valence-electron chi connectivity index (χ3n) is 4.92. The van der Waals surface area contributed by atoms with Gasteiger partial charge >= 0.3 is 0 Å². The van der Waals surface area contributed by atoms with Gasteiger partial charge in [-0.2, -0.15) is 4.68 Å². The van der Waals surface area contributed by atoms with Crippen molar-refractivity contribution in [2.45, 2.75) is 6.92 Å². The van der Waals surface area contributed by atoms with Gasteiger partial charge in [-0.3, -0.25) is 4.79 Å². The first-order chi connectivity index (χ1) is 15.4. The van der Waals surface area contributed by atoms with Crippen molar-refractivity contribution in [3.8, 4) is 16.8 Å². The summed E-state index contributed by atoms with van der Waals surface area (Å²) in [5.74, 6) is 0.238. The number of hydrogen-bond donors (Lipinski definition) is 0. The molecule has 1 heterocycles. The van der Waals surface area contributed by atoms with Gasteiger partial charge in [-0.15, -0.1) is 5.10 Å². The van der Waals surface area contributed by atoms with E-state index in [1.807, 2.05) is 98.7 Å². The van der Waals surface area contributed by atoms with Crippen LogP contribution in [0.3, 0.4) is 0 Å². The van der Waals surface area contributed by atoms with Gasteiger partial charge < -0.3 is 4.90 Å². The summed E-state index contributed by atoms with van der Waals surface area (Å²) in [5, 5.41) is 12.2. The number of rotatable bonds is 6. The molecule has 0 saturated carbocycles. The van der Waals surface area contributed by atoms with Crippen LogP contribution in [0.5, 0.6) is 0 Å². The number of carbonyl (C=O) groups excluding carboxylic acids is 1. The number of ketones is 1. The molecule has 32 heavy (non-hydrogen) atoms. The lowest BCUT2D eigenvalue weighted by atomic mass is 9.98. The molecule has 160 valence electrons. The van der Waals surface area contributed by atoms with Crippen LogP contribution in [0, 0.1) is 6.92 Å². The van der Waals surface area contributed by atoms with Gasteiger partial charge in [-0.1, -0.05) is 64.0 Å². The van der Waals surface area contributed by atoms with Gasteiger partial charge in [0.1, 0.15) is 0 Å². The number of allylic oxidation sites excluding steroid dienone is 1. The van der Waals surface area contributed by atoms with Crippen molar-refractivity contribution >= 4 is 27.3 Å². The minimum absolute atomic E-state index is 0.152. The van der Waals surface area contributed by atoms with E-state index < -0.39 is 0 Å². The van der Waals surface area contributed by atoms with Crippen LogP contribution in [0.4, 0.5) is 0 Å². The van der Waals surface area contributed by atoms with Crippen molar-refractivity contribution in [1.29, 1.82) is 0 Å². The van der Waals surface area contributed by atoms with Gasteiger partial charge in [0.05, 0.1) is 11.3 Å². The Balaban J connectivity index is 1.76. The molecule has 0 amide bonds. The summed E-state index contributed by atoms with van der Waals surface area (Å²) in [6.45, 7) is 2.02. The van der Waals surface area contributed by atoms with Gasteiger partial charge in [-0.05, 0) is 58.8 Å². The predicted octanol–water partition coefficient (Wildman–Crippen LogP) is 5.19. The maximum absolute atomic E-state index is 13.6. The molecule has 4 aromatic rings. The van der Waals surface area contributed by atoms with Crippen LogP contribution in [0.25, 0.3) is 22.4 Å².